The third-order valence-corrected chi connectivity index (χ3v) is 3.48. The lowest BCUT2D eigenvalue weighted by molar-refractivity contribution is -0.118. The molecule has 0 aliphatic heterocycles. The molecule has 0 radical (unpaired) electrons. The van der Waals surface area contributed by atoms with Crippen molar-refractivity contribution in [2.45, 2.75) is 19.3 Å². The Morgan fingerprint density at radius 3 is 2.73 bits per heavy atom. The van der Waals surface area contributed by atoms with Crippen molar-refractivity contribution in [3.05, 3.63) is 64.4 Å². The summed E-state index contributed by atoms with van der Waals surface area (Å²) in [6.07, 6.45) is 1.95. The van der Waals surface area contributed by atoms with Crippen LogP contribution in [-0.4, -0.2) is 10.9 Å². The minimum atomic E-state index is -0.609. The first-order chi connectivity index (χ1) is 10.6. The summed E-state index contributed by atoms with van der Waals surface area (Å²) in [4.78, 5) is 23.8. The Balaban J connectivity index is 1.79. The van der Waals surface area contributed by atoms with Gasteiger partial charge in [-0.3, -0.25) is 4.79 Å². The fourth-order valence-corrected chi connectivity index (χ4v) is 2.35. The molecule has 22 heavy (non-hydrogen) atoms. The van der Waals surface area contributed by atoms with Crippen molar-refractivity contribution in [2.75, 3.05) is 0 Å². The molecule has 5 heteroatoms. The molecule has 0 amide bonds. The Morgan fingerprint density at radius 2 is 1.95 bits per heavy atom. The molecule has 1 N–H and O–H groups in total. The monoisotopic (exact) mass is 298 g/mol. The molecule has 0 unspecified atom stereocenters. The molecule has 0 aliphatic rings. The van der Waals surface area contributed by atoms with Gasteiger partial charge < -0.3 is 13.9 Å². The minimum absolute atomic E-state index is 0.0677. The van der Waals surface area contributed by atoms with Crippen molar-refractivity contribution in [3.63, 3.8) is 0 Å². The number of benzene rings is 1. The van der Waals surface area contributed by atoms with E-state index in [2.05, 4.69) is 0 Å². The van der Waals surface area contributed by atoms with E-state index >= 15 is 0 Å². The molecule has 112 valence electrons. The molecule has 2 aromatic heterocycles. The molecule has 0 aliphatic carbocycles. The molecule has 0 spiro atoms. The highest BCUT2D eigenvalue weighted by molar-refractivity contribution is 5.84. The second-order valence-corrected chi connectivity index (χ2v) is 5.01. The Labute approximate surface area is 125 Å². The predicted molar refractivity (Wildman–Crippen MR) is 79.9 cm³/mol. The molecule has 3 aromatic rings. The topological polar surface area (TPSA) is 80.6 Å². The van der Waals surface area contributed by atoms with Gasteiger partial charge in [-0.25, -0.2) is 4.79 Å². The number of rotatable bonds is 5. The fraction of sp³-hybridized carbons (Fsp3) is 0.176. The summed E-state index contributed by atoms with van der Waals surface area (Å²) in [5.41, 5.74) is -0.149. The van der Waals surface area contributed by atoms with Gasteiger partial charge >= 0.3 is 5.63 Å². The number of Topliss-reactive ketones (excluding diaryl/α,β-unsaturated/α-hetero) is 1. The zero-order chi connectivity index (χ0) is 15.5. The summed E-state index contributed by atoms with van der Waals surface area (Å²) >= 11 is 0. The van der Waals surface area contributed by atoms with Crippen molar-refractivity contribution in [1.29, 1.82) is 0 Å². The molecule has 0 saturated heterocycles. The van der Waals surface area contributed by atoms with E-state index in [1.165, 1.54) is 6.26 Å². The van der Waals surface area contributed by atoms with Crippen LogP contribution in [0.2, 0.25) is 0 Å². The van der Waals surface area contributed by atoms with Gasteiger partial charge in [0.1, 0.15) is 22.9 Å². The van der Waals surface area contributed by atoms with Crippen LogP contribution in [0.25, 0.3) is 11.0 Å². The SMILES string of the molecule is O=C(CCc1c(O)c2ccccc2oc1=O)Cc1ccco1. The lowest BCUT2D eigenvalue weighted by Crippen LogP contribution is -2.11. The highest BCUT2D eigenvalue weighted by atomic mass is 16.4. The predicted octanol–water partition coefficient (Wildman–Crippen LogP) is 2.84. The van der Waals surface area contributed by atoms with Gasteiger partial charge in [-0.05, 0) is 30.7 Å². The molecular weight excluding hydrogens is 284 g/mol. The number of carbonyl (C=O) groups is 1. The maximum atomic E-state index is 11.9. The van der Waals surface area contributed by atoms with Crippen molar-refractivity contribution in [1.82, 2.24) is 0 Å². The molecule has 0 fully saturated rings. The first-order valence-corrected chi connectivity index (χ1v) is 6.93. The molecule has 5 nitrogen and oxygen atoms in total. The van der Waals surface area contributed by atoms with Crippen molar-refractivity contribution in [3.8, 4) is 5.75 Å². The molecule has 3 rings (SSSR count). The average molecular weight is 298 g/mol. The second kappa shape index (κ2) is 5.89. The number of ketones is 1. The summed E-state index contributed by atoms with van der Waals surface area (Å²) < 4.78 is 10.3. The molecular formula is C17H14O5. The summed E-state index contributed by atoms with van der Waals surface area (Å²) in [5.74, 6) is 0.402. The smallest absolute Gasteiger partial charge is 0.343 e. The van der Waals surface area contributed by atoms with Crippen LogP contribution in [0.4, 0.5) is 0 Å². The number of para-hydroxylation sites is 1. The Bertz CT molecular complexity index is 858. The minimum Gasteiger partial charge on any atom is -0.507 e. The molecule has 0 bridgehead atoms. The van der Waals surface area contributed by atoms with Crippen LogP contribution >= 0.6 is 0 Å². The van der Waals surface area contributed by atoms with Crippen LogP contribution < -0.4 is 5.63 Å². The van der Waals surface area contributed by atoms with E-state index in [4.69, 9.17) is 8.83 Å². The van der Waals surface area contributed by atoms with E-state index in [-0.39, 0.29) is 36.4 Å². The fourth-order valence-electron chi connectivity index (χ4n) is 2.35. The van der Waals surface area contributed by atoms with E-state index in [1.807, 2.05) is 0 Å². The third kappa shape index (κ3) is 2.79. The van der Waals surface area contributed by atoms with E-state index < -0.39 is 5.63 Å². The summed E-state index contributed by atoms with van der Waals surface area (Å²) in [5, 5.41) is 10.7. The van der Waals surface area contributed by atoms with Gasteiger partial charge in [0.2, 0.25) is 0 Å². The normalized spacial score (nSPS) is 10.9. The maximum absolute atomic E-state index is 11.9. The summed E-state index contributed by atoms with van der Waals surface area (Å²) in [6.45, 7) is 0. The molecule has 1 aromatic carbocycles. The molecule has 2 heterocycles. The van der Waals surface area contributed by atoms with Crippen LogP contribution in [0.5, 0.6) is 5.75 Å². The van der Waals surface area contributed by atoms with Crippen molar-refractivity contribution < 1.29 is 18.7 Å². The lowest BCUT2D eigenvalue weighted by Gasteiger charge is -2.05. The Morgan fingerprint density at radius 1 is 1.14 bits per heavy atom. The van der Waals surface area contributed by atoms with Gasteiger partial charge in [-0.15, -0.1) is 0 Å². The number of carbonyl (C=O) groups excluding carboxylic acids is 1. The van der Waals surface area contributed by atoms with Gasteiger partial charge in [-0.1, -0.05) is 12.1 Å². The maximum Gasteiger partial charge on any atom is 0.343 e. The van der Waals surface area contributed by atoms with E-state index in [9.17, 15) is 14.7 Å². The first kappa shape index (κ1) is 14.1. The quantitative estimate of drug-likeness (QED) is 0.732. The molecule has 0 atom stereocenters. The van der Waals surface area contributed by atoms with Crippen LogP contribution in [0.1, 0.15) is 17.7 Å². The van der Waals surface area contributed by atoms with Crippen molar-refractivity contribution in [2.24, 2.45) is 0 Å². The van der Waals surface area contributed by atoms with Crippen molar-refractivity contribution >= 4 is 16.8 Å². The van der Waals surface area contributed by atoms with Gasteiger partial charge in [0, 0.05) is 6.42 Å². The highest BCUT2D eigenvalue weighted by Crippen LogP contribution is 2.26. The average Bonchev–Trinajstić information content (AvgIpc) is 3.00. The first-order valence-electron chi connectivity index (χ1n) is 6.93. The second-order valence-electron chi connectivity index (χ2n) is 5.01. The van der Waals surface area contributed by atoms with Crippen LogP contribution in [0, 0.1) is 0 Å². The number of fused-ring (bicyclic) bond motifs is 1. The summed E-state index contributed by atoms with van der Waals surface area (Å²) in [7, 11) is 0. The third-order valence-electron chi connectivity index (χ3n) is 3.48. The standard InChI is InChI=1S/C17H14O5/c18-11(10-12-4-3-9-21-12)7-8-14-16(19)13-5-1-2-6-15(13)22-17(14)20/h1-6,9,19H,7-8,10H2. The van der Waals surface area contributed by atoms with Crippen LogP contribution in [-0.2, 0) is 17.6 Å². The zero-order valence-corrected chi connectivity index (χ0v) is 11.7. The number of furan rings is 1. The summed E-state index contributed by atoms with van der Waals surface area (Å²) in [6, 6.07) is 10.2. The van der Waals surface area contributed by atoms with Gasteiger partial charge in [0.05, 0.1) is 23.6 Å². The van der Waals surface area contributed by atoms with E-state index in [0.717, 1.165) is 0 Å². The van der Waals surface area contributed by atoms with Gasteiger partial charge in [-0.2, -0.15) is 0 Å². The number of hydrogen-bond acceptors (Lipinski definition) is 5. The zero-order valence-electron chi connectivity index (χ0n) is 11.7. The van der Waals surface area contributed by atoms with Crippen LogP contribution in [0.3, 0.4) is 0 Å². The van der Waals surface area contributed by atoms with E-state index in [1.54, 1.807) is 36.4 Å². The Hall–Kier alpha value is -2.82. The highest BCUT2D eigenvalue weighted by Gasteiger charge is 2.15. The largest absolute Gasteiger partial charge is 0.507 e. The van der Waals surface area contributed by atoms with E-state index in [0.29, 0.717) is 16.7 Å². The van der Waals surface area contributed by atoms with Gasteiger partial charge in [0.25, 0.3) is 0 Å². The number of aromatic hydroxyl groups is 1. The number of hydrogen-bond donors (Lipinski definition) is 1. The molecule has 0 saturated carbocycles. The van der Waals surface area contributed by atoms with Gasteiger partial charge in [0.15, 0.2) is 0 Å². The lowest BCUT2D eigenvalue weighted by atomic mass is 10.0. The Kier molecular flexibility index (Phi) is 3.78. The van der Waals surface area contributed by atoms with Crippen LogP contribution in [0.15, 0.2) is 56.3 Å².